The monoisotopic (exact) mass is 282 g/mol. The number of hydrogen-bond acceptors (Lipinski definition) is 2. The summed E-state index contributed by atoms with van der Waals surface area (Å²) in [6, 6.07) is 3.24. The first-order valence-electron chi connectivity index (χ1n) is 6.64. The summed E-state index contributed by atoms with van der Waals surface area (Å²) < 4.78 is 26.8. The van der Waals surface area contributed by atoms with Crippen molar-refractivity contribution in [2.24, 2.45) is 0 Å². The first kappa shape index (κ1) is 14.4. The van der Waals surface area contributed by atoms with Gasteiger partial charge in [-0.25, -0.2) is 8.78 Å². The minimum absolute atomic E-state index is 0.506. The Bertz CT molecular complexity index is 492. The fourth-order valence-corrected chi connectivity index (χ4v) is 2.20. The Morgan fingerprint density at radius 2 is 1.55 bits per heavy atom. The van der Waals surface area contributed by atoms with Gasteiger partial charge in [0.2, 0.25) is 0 Å². The molecule has 0 unspecified atom stereocenters. The number of hydrogen-bond donors (Lipinski definition) is 1. The number of nitrogens with zero attached hydrogens (tertiary/aromatic N) is 1. The maximum atomic E-state index is 13.4. The van der Waals surface area contributed by atoms with Crippen molar-refractivity contribution in [2.75, 3.05) is 18.4 Å². The van der Waals surface area contributed by atoms with Crippen molar-refractivity contribution in [3.05, 3.63) is 29.8 Å². The zero-order valence-corrected chi connectivity index (χ0v) is 11.0. The van der Waals surface area contributed by atoms with Gasteiger partial charge < -0.3 is 10.2 Å². The highest BCUT2D eigenvalue weighted by Crippen LogP contribution is 2.18. The minimum Gasteiger partial charge on any atom is -0.334 e. The number of likely N-dealkylation sites (tertiary alicyclic amines) is 1. The molecule has 2 rings (SSSR count). The molecule has 6 heteroatoms. The molecule has 1 aliphatic heterocycles. The van der Waals surface area contributed by atoms with E-state index in [1.165, 1.54) is 11.0 Å². The third kappa shape index (κ3) is 3.31. The summed E-state index contributed by atoms with van der Waals surface area (Å²) in [5, 5.41) is 2.02. The van der Waals surface area contributed by atoms with Crippen LogP contribution in [-0.4, -0.2) is 29.8 Å². The quantitative estimate of drug-likeness (QED) is 0.804. The van der Waals surface area contributed by atoms with E-state index in [0.717, 1.165) is 37.8 Å². The lowest BCUT2D eigenvalue weighted by molar-refractivity contribution is -0.143. The predicted octanol–water partition coefficient (Wildman–Crippen LogP) is 2.31. The number of halogens is 2. The summed E-state index contributed by atoms with van der Waals surface area (Å²) >= 11 is 0. The smallest absolute Gasteiger partial charge is 0.314 e. The second-order valence-electron chi connectivity index (χ2n) is 4.76. The summed E-state index contributed by atoms with van der Waals surface area (Å²) in [5.41, 5.74) is -0.583. The number of carbonyl (C=O) groups excluding carboxylic acids is 2. The van der Waals surface area contributed by atoms with Gasteiger partial charge in [0.1, 0.15) is 17.3 Å². The standard InChI is InChI=1S/C14H16F2N2O2/c15-10-6-5-7-11(16)12(10)17-13(19)14(20)18-8-3-1-2-4-9-18/h5-7H,1-4,8-9H2,(H,17,19). The molecule has 0 aliphatic carbocycles. The van der Waals surface area contributed by atoms with Gasteiger partial charge >= 0.3 is 11.8 Å². The van der Waals surface area contributed by atoms with E-state index in [4.69, 9.17) is 0 Å². The lowest BCUT2D eigenvalue weighted by Gasteiger charge is -2.19. The normalized spacial score (nSPS) is 15.6. The average Bonchev–Trinajstić information content (AvgIpc) is 2.71. The Labute approximate surface area is 115 Å². The van der Waals surface area contributed by atoms with E-state index in [1.807, 2.05) is 5.32 Å². The molecule has 4 nitrogen and oxygen atoms in total. The molecule has 2 amide bonds. The van der Waals surface area contributed by atoms with Gasteiger partial charge in [-0.15, -0.1) is 0 Å². The van der Waals surface area contributed by atoms with Crippen molar-refractivity contribution in [3.63, 3.8) is 0 Å². The minimum atomic E-state index is -1.00. The first-order valence-corrected chi connectivity index (χ1v) is 6.64. The molecule has 20 heavy (non-hydrogen) atoms. The molecule has 1 aromatic carbocycles. The van der Waals surface area contributed by atoms with Gasteiger partial charge in [-0.05, 0) is 25.0 Å². The van der Waals surface area contributed by atoms with Crippen LogP contribution >= 0.6 is 0 Å². The highest BCUT2D eigenvalue weighted by atomic mass is 19.1. The van der Waals surface area contributed by atoms with Crippen LogP contribution in [0.4, 0.5) is 14.5 Å². The number of anilines is 1. The van der Waals surface area contributed by atoms with Gasteiger partial charge in [-0.3, -0.25) is 9.59 Å². The van der Waals surface area contributed by atoms with Crippen LogP contribution in [0.15, 0.2) is 18.2 Å². The number of amides is 2. The lowest BCUT2D eigenvalue weighted by Crippen LogP contribution is -2.40. The Morgan fingerprint density at radius 3 is 2.10 bits per heavy atom. The van der Waals surface area contributed by atoms with Crippen LogP contribution in [0.3, 0.4) is 0 Å². The molecular formula is C14H16F2N2O2. The highest BCUT2D eigenvalue weighted by molar-refractivity contribution is 6.39. The number of para-hydroxylation sites is 1. The van der Waals surface area contributed by atoms with Crippen LogP contribution in [0, 0.1) is 11.6 Å². The Balaban J connectivity index is 2.05. The fourth-order valence-electron chi connectivity index (χ4n) is 2.20. The number of benzene rings is 1. The van der Waals surface area contributed by atoms with E-state index in [2.05, 4.69) is 0 Å². The van der Waals surface area contributed by atoms with E-state index >= 15 is 0 Å². The molecule has 0 aromatic heterocycles. The predicted molar refractivity (Wildman–Crippen MR) is 70.0 cm³/mol. The molecule has 1 saturated heterocycles. The topological polar surface area (TPSA) is 49.4 Å². The van der Waals surface area contributed by atoms with Crippen LogP contribution < -0.4 is 5.32 Å². The van der Waals surface area contributed by atoms with E-state index < -0.39 is 29.1 Å². The molecule has 1 aliphatic rings. The number of rotatable bonds is 1. The van der Waals surface area contributed by atoms with Crippen LogP contribution in [0.25, 0.3) is 0 Å². The third-order valence-electron chi connectivity index (χ3n) is 3.29. The van der Waals surface area contributed by atoms with Crippen LogP contribution in [-0.2, 0) is 9.59 Å². The Hall–Kier alpha value is -1.98. The maximum absolute atomic E-state index is 13.4. The lowest BCUT2D eigenvalue weighted by atomic mass is 10.2. The summed E-state index contributed by atoms with van der Waals surface area (Å²) in [4.78, 5) is 25.2. The highest BCUT2D eigenvalue weighted by Gasteiger charge is 2.24. The molecule has 0 saturated carbocycles. The summed E-state index contributed by atoms with van der Waals surface area (Å²) in [6.07, 6.45) is 3.72. The van der Waals surface area contributed by atoms with E-state index in [9.17, 15) is 18.4 Å². The second kappa shape index (κ2) is 6.45. The van der Waals surface area contributed by atoms with E-state index in [-0.39, 0.29) is 0 Å². The van der Waals surface area contributed by atoms with Crippen LogP contribution in [0.2, 0.25) is 0 Å². The summed E-state index contributed by atoms with van der Waals surface area (Å²) in [5.74, 6) is -3.55. The molecule has 1 N–H and O–H groups in total. The van der Waals surface area contributed by atoms with Crippen molar-refractivity contribution in [1.82, 2.24) is 4.90 Å². The molecular weight excluding hydrogens is 266 g/mol. The molecule has 1 aromatic rings. The molecule has 0 bridgehead atoms. The largest absolute Gasteiger partial charge is 0.334 e. The van der Waals surface area contributed by atoms with Gasteiger partial charge in [0.25, 0.3) is 0 Å². The molecule has 1 heterocycles. The Kier molecular flexibility index (Phi) is 4.65. The van der Waals surface area contributed by atoms with Gasteiger partial charge in [0.05, 0.1) is 0 Å². The van der Waals surface area contributed by atoms with Crippen LogP contribution in [0.5, 0.6) is 0 Å². The number of carbonyl (C=O) groups is 2. The first-order chi connectivity index (χ1) is 9.59. The third-order valence-corrected chi connectivity index (χ3v) is 3.29. The average molecular weight is 282 g/mol. The molecule has 0 atom stereocenters. The van der Waals surface area contributed by atoms with Gasteiger partial charge in [-0.1, -0.05) is 18.9 Å². The van der Waals surface area contributed by atoms with Crippen molar-refractivity contribution in [2.45, 2.75) is 25.7 Å². The van der Waals surface area contributed by atoms with E-state index in [1.54, 1.807) is 0 Å². The second-order valence-corrected chi connectivity index (χ2v) is 4.76. The van der Waals surface area contributed by atoms with Crippen LogP contribution in [0.1, 0.15) is 25.7 Å². The fraction of sp³-hybridized carbons (Fsp3) is 0.429. The molecule has 1 fully saturated rings. The summed E-state index contributed by atoms with van der Waals surface area (Å²) in [7, 11) is 0. The van der Waals surface area contributed by atoms with Crippen molar-refractivity contribution < 1.29 is 18.4 Å². The molecule has 108 valence electrons. The zero-order valence-electron chi connectivity index (χ0n) is 11.0. The van der Waals surface area contributed by atoms with Gasteiger partial charge in [0, 0.05) is 13.1 Å². The zero-order chi connectivity index (χ0) is 14.5. The molecule has 0 radical (unpaired) electrons. The summed E-state index contributed by atoms with van der Waals surface area (Å²) in [6.45, 7) is 1.01. The van der Waals surface area contributed by atoms with Gasteiger partial charge in [0.15, 0.2) is 0 Å². The van der Waals surface area contributed by atoms with E-state index in [0.29, 0.717) is 13.1 Å². The Morgan fingerprint density at radius 1 is 1.00 bits per heavy atom. The van der Waals surface area contributed by atoms with Crippen molar-refractivity contribution in [1.29, 1.82) is 0 Å². The number of nitrogens with one attached hydrogen (secondary N) is 1. The van der Waals surface area contributed by atoms with Crippen molar-refractivity contribution in [3.8, 4) is 0 Å². The van der Waals surface area contributed by atoms with Gasteiger partial charge in [-0.2, -0.15) is 0 Å². The van der Waals surface area contributed by atoms with Crippen molar-refractivity contribution >= 4 is 17.5 Å². The maximum Gasteiger partial charge on any atom is 0.314 e. The molecule has 0 spiro atoms. The SMILES string of the molecule is O=C(Nc1c(F)cccc1F)C(=O)N1CCCCCC1.